The average Bonchev–Trinajstić information content (AvgIpc) is 2.69. The molecule has 0 radical (unpaired) electrons. The standard InChI is InChI=1S/C15H19NO/c1-10-5-4-6-14(12(10)3)15-8-7-13(17-15)9-11(2)16/h4-8,11H,9,16H2,1-3H3. The van der Waals surface area contributed by atoms with Crippen molar-refractivity contribution in [3.63, 3.8) is 0 Å². The van der Waals surface area contributed by atoms with Gasteiger partial charge in [0.05, 0.1) is 0 Å². The number of hydrogen-bond donors (Lipinski definition) is 1. The lowest BCUT2D eigenvalue weighted by Gasteiger charge is -2.06. The molecule has 0 aliphatic rings. The van der Waals surface area contributed by atoms with Crippen LogP contribution in [0.5, 0.6) is 0 Å². The summed E-state index contributed by atoms with van der Waals surface area (Å²) in [4.78, 5) is 0. The summed E-state index contributed by atoms with van der Waals surface area (Å²) in [5, 5.41) is 0. The van der Waals surface area contributed by atoms with Crippen molar-refractivity contribution >= 4 is 0 Å². The monoisotopic (exact) mass is 229 g/mol. The highest BCUT2D eigenvalue weighted by Crippen LogP contribution is 2.27. The van der Waals surface area contributed by atoms with Gasteiger partial charge in [-0.05, 0) is 44.0 Å². The van der Waals surface area contributed by atoms with E-state index in [1.807, 2.05) is 19.1 Å². The fourth-order valence-electron chi connectivity index (χ4n) is 1.97. The van der Waals surface area contributed by atoms with Crippen LogP contribution in [0.2, 0.25) is 0 Å². The van der Waals surface area contributed by atoms with Crippen molar-refractivity contribution in [1.29, 1.82) is 0 Å². The molecule has 0 bridgehead atoms. The van der Waals surface area contributed by atoms with Crippen molar-refractivity contribution < 1.29 is 4.42 Å². The van der Waals surface area contributed by atoms with E-state index in [1.54, 1.807) is 0 Å². The molecule has 1 unspecified atom stereocenters. The van der Waals surface area contributed by atoms with Crippen molar-refractivity contribution in [1.82, 2.24) is 0 Å². The van der Waals surface area contributed by atoms with Gasteiger partial charge in [0.2, 0.25) is 0 Å². The van der Waals surface area contributed by atoms with E-state index in [9.17, 15) is 0 Å². The predicted molar refractivity (Wildman–Crippen MR) is 71.0 cm³/mol. The summed E-state index contributed by atoms with van der Waals surface area (Å²) in [6.07, 6.45) is 0.783. The van der Waals surface area contributed by atoms with Crippen LogP contribution in [-0.2, 0) is 6.42 Å². The highest BCUT2D eigenvalue weighted by Gasteiger charge is 2.09. The van der Waals surface area contributed by atoms with Crippen LogP contribution in [-0.4, -0.2) is 6.04 Å². The van der Waals surface area contributed by atoms with Crippen molar-refractivity contribution in [2.75, 3.05) is 0 Å². The molecule has 2 heteroatoms. The summed E-state index contributed by atoms with van der Waals surface area (Å²) in [6.45, 7) is 6.23. The quantitative estimate of drug-likeness (QED) is 0.875. The highest BCUT2D eigenvalue weighted by atomic mass is 16.3. The van der Waals surface area contributed by atoms with Crippen molar-refractivity contribution in [2.24, 2.45) is 5.73 Å². The second kappa shape index (κ2) is 4.76. The molecule has 0 spiro atoms. The van der Waals surface area contributed by atoms with Crippen LogP contribution in [0.15, 0.2) is 34.7 Å². The first-order valence-corrected chi connectivity index (χ1v) is 5.99. The topological polar surface area (TPSA) is 39.2 Å². The zero-order valence-electron chi connectivity index (χ0n) is 10.7. The van der Waals surface area contributed by atoms with Gasteiger partial charge in [0.25, 0.3) is 0 Å². The Labute approximate surface area is 102 Å². The molecular formula is C15H19NO. The van der Waals surface area contributed by atoms with E-state index in [0.717, 1.165) is 17.9 Å². The Morgan fingerprint density at radius 2 is 1.94 bits per heavy atom. The molecule has 1 atom stereocenters. The predicted octanol–water partition coefficient (Wildman–Crippen LogP) is 3.45. The molecule has 2 aromatic rings. The minimum atomic E-state index is 0.132. The average molecular weight is 229 g/mol. The summed E-state index contributed by atoms with van der Waals surface area (Å²) in [6, 6.07) is 10.4. The molecule has 0 saturated carbocycles. The van der Waals surface area contributed by atoms with Crippen LogP contribution < -0.4 is 5.73 Å². The van der Waals surface area contributed by atoms with Gasteiger partial charge in [0.15, 0.2) is 0 Å². The van der Waals surface area contributed by atoms with E-state index in [-0.39, 0.29) is 6.04 Å². The SMILES string of the molecule is Cc1cccc(-c2ccc(CC(C)N)o2)c1C. The fourth-order valence-corrected chi connectivity index (χ4v) is 1.97. The third-order valence-corrected chi connectivity index (χ3v) is 3.05. The molecule has 2 N–H and O–H groups in total. The highest BCUT2D eigenvalue weighted by molar-refractivity contribution is 5.63. The van der Waals surface area contributed by atoms with E-state index in [0.29, 0.717) is 0 Å². The molecule has 1 aromatic heterocycles. The van der Waals surface area contributed by atoms with Gasteiger partial charge in [-0.15, -0.1) is 0 Å². The van der Waals surface area contributed by atoms with Crippen LogP contribution in [0.1, 0.15) is 23.8 Å². The van der Waals surface area contributed by atoms with Crippen molar-refractivity contribution in [3.05, 3.63) is 47.2 Å². The first-order chi connectivity index (χ1) is 8.08. The Morgan fingerprint density at radius 1 is 1.18 bits per heavy atom. The number of hydrogen-bond acceptors (Lipinski definition) is 2. The van der Waals surface area contributed by atoms with Gasteiger partial charge in [-0.3, -0.25) is 0 Å². The first-order valence-electron chi connectivity index (χ1n) is 5.99. The molecule has 2 nitrogen and oxygen atoms in total. The van der Waals surface area contributed by atoms with Crippen LogP contribution >= 0.6 is 0 Å². The minimum Gasteiger partial charge on any atom is -0.461 e. The fraction of sp³-hybridized carbons (Fsp3) is 0.333. The van der Waals surface area contributed by atoms with Crippen molar-refractivity contribution in [2.45, 2.75) is 33.2 Å². The van der Waals surface area contributed by atoms with Gasteiger partial charge in [0.1, 0.15) is 11.5 Å². The van der Waals surface area contributed by atoms with E-state index in [4.69, 9.17) is 10.2 Å². The number of rotatable bonds is 3. The normalized spacial score (nSPS) is 12.7. The maximum Gasteiger partial charge on any atom is 0.134 e. The van der Waals surface area contributed by atoms with Gasteiger partial charge >= 0.3 is 0 Å². The molecule has 2 rings (SSSR count). The minimum absolute atomic E-state index is 0.132. The molecule has 90 valence electrons. The number of nitrogens with two attached hydrogens (primary N) is 1. The zero-order valence-corrected chi connectivity index (χ0v) is 10.7. The van der Waals surface area contributed by atoms with Crippen LogP contribution in [0.25, 0.3) is 11.3 Å². The van der Waals surface area contributed by atoms with Gasteiger partial charge in [-0.25, -0.2) is 0 Å². The summed E-state index contributed by atoms with van der Waals surface area (Å²) >= 11 is 0. The van der Waals surface area contributed by atoms with Gasteiger partial charge in [0, 0.05) is 18.0 Å². The summed E-state index contributed by atoms with van der Waals surface area (Å²) in [7, 11) is 0. The molecule has 17 heavy (non-hydrogen) atoms. The second-order valence-corrected chi connectivity index (χ2v) is 4.69. The maximum absolute atomic E-state index is 5.84. The third-order valence-electron chi connectivity index (χ3n) is 3.05. The summed E-state index contributed by atoms with van der Waals surface area (Å²) < 4.78 is 5.84. The smallest absolute Gasteiger partial charge is 0.134 e. The van der Waals surface area contributed by atoms with Gasteiger partial charge in [-0.1, -0.05) is 18.2 Å². The molecule has 0 fully saturated rings. The van der Waals surface area contributed by atoms with E-state index >= 15 is 0 Å². The second-order valence-electron chi connectivity index (χ2n) is 4.69. The van der Waals surface area contributed by atoms with Gasteiger partial charge in [-0.2, -0.15) is 0 Å². The number of furan rings is 1. The van der Waals surface area contributed by atoms with Crippen LogP contribution in [0.3, 0.4) is 0 Å². The maximum atomic E-state index is 5.84. The molecule has 0 saturated heterocycles. The lowest BCUT2D eigenvalue weighted by Crippen LogP contribution is -2.17. The number of aryl methyl sites for hydroxylation is 1. The zero-order chi connectivity index (χ0) is 12.4. The lowest BCUT2D eigenvalue weighted by atomic mass is 10.0. The summed E-state index contributed by atoms with van der Waals surface area (Å²) in [5.41, 5.74) is 9.49. The number of benzene rings is 1. The molecule has 0 aliphatic carbocycles. The van der Waals surface area contributed by atoms with Crippen LogP contribution in [0.4, 0.5) is 0 Å². The van der Waals surface area contributed by atoms with E-state index in [1.165, 1.54) is 16.7 Å². The van der Waals surface area contributed by atoms with Crippen molar-refractivity contribution in [3.8, 4) is 11.3 Å². The Balaban J connectivity index is 2.34. The summed E-state index contributed by atoms with van der Waals surface area (Å²) in [5.74, 6) is 1.89. The first kappa shape index (κ1) is 11.9. The Hall–Kier alpha value is -1.54. The lowest BCUT2D eigenvalue weighted by molar-refractivity contribution is 0.503. The molecule has 0 aliphatic heterocycles. The largest absolute Gasteiger partial charge is 0.461 e. The molecule has 0 amide bonds. The third kappa shape index (κ3) is 2.59. The van der Waals surface area contributed by atoms with Gasteiger partial charge < -0.3 is 10.2 Å². The Bertz CT molecular complexity index is 511. The molecular weight excluding hydrogens is 210 g/mol. The Morgan fingerprint density at radius 3 is 2.65 bits per heavy atom. The van der Waals surface area contributed by atoms with Crippen LogP contribution in [0, 0.1) is 13.8 Å². The Kier molecular flexibility index (Phi) is 3.34. The van der Waals surface area contributed by atoms with E-state index < -0.39 is 0 Å². The molecule has 1 heterocycles. The van der Waals surface area contributed by atoms with E-state index in [2.05, 4.69) is 32.0 Å². The molecule has 1 aromatic carbocycles.